The molecule has 0 aromatic heterocycles. The van der Waals surface area contributed by atoms with E-state index in [2.05, 4.69) is 29.2 Å². The molecule has 6 heteroatoms. The molecule has 0 aliphatic carbocycles. The average Bonchev–Trinajstić information content (AvgIpc) is 2.73. The van der Waals surface area contributed by atoms with Crippen molar-refractivity contribution in [2.24, 2.45) is 5.73 Å². The van der Waals surface area contributed by atoms with Crippen LogP contribution in [0.15, 0.2) is 90.5 Å². The van der Waals surface area contributed by atoms with Crippen molar-refractivity contribution in [1.29, 1.82) is 0 Å². The van der Waals surface area contributed by atoms with Gasteiger partial charge in [-0.25, -0.2) is 8.42 Å². The topological polar surface area (TPSA) is 80.5 Å². The van der Waals surface area contributed by atoms with Crippen LogP contribution in [0.2, 0.25) is 0 Å². The highest BCUT2D eigenvalue weighted by molar-refractivity contribution is 8.00. The summed E-state index contributed by atoms with van der Waals surface area (Å²) in [5.74, 6) is -0.580. The van der Waals surface area contributed by atoms with E-state index in [1.54, 1.807) is 24.3 Å². The lowest BCUT2D eigenvalue weighted by molar-refractivity contribution is 0.1000. The standard InChI is InChI=1S/C25H24N2O3S/c1-31(29,30)24(20-13-8-14-21(15-20)25(26)28)22-16-27(17-22)23(18-9-4-2-5-10-18)19-11-6-3-7-12-19/h2-15,23H,16-17H2,1H3,(H2,26,28). The number of carbonyl (C=O) groups excluding carboxylic acids is 1. The number of hydrogen-bond acceptors (Lipinski definition) is 4. The number of likely N-dealkylation sites (tertiary alicyclic amines) is 1. The summed E-state index contributed by atoms with van der Waals surface area (Å²) in [6.07, 6.45) is 1.21. The second kappa shape index (κ2) is 8.49. The van der Waals surface area contributed by atoms with E-state index >= 15 is 0 Å². The molecule has 1 fully saturated rings. The summed E-state index contributed by atoms with van der Waals surface area (Å²) in [5.41, 5.74) is 9.34. The van der Waals surface area contributed by atoms with Crippen molar-refractivity contribution in [2.75, 3.05) is 19.3 Å². The number of benzene rings is 3. The highest BCUT2D eigenvalue weighted by Gasteiger charge is 2.34. The van der Waals surface area contributed by atoms with Crippen molar-refractivity contribution in [2.45, 2.75) is 6.04 Å². The van der Waals surface area contributed by atoms with E-state index < -0.39 is 15.7 Å². The van der Waals surface area contributed by atoms with Crippen LogP contribution < -0.4 is 5.73 Å². The van der Waals surface area contributed by atoms with Gasteiger partial charge >= 0.3 is 0 Å². The number of primary amides is 1. The molecular weight excluding hydrogens is 408 g/mol. The van der Waals surface area contributed by atoms with Crippen LogP contribution in [0.4, 0.5) is 0 Å². The number of rotatable bonds is 6. The Balaban J connectivity index is 1.72. The molecule has 0 spiro atoms. The van der Waals surface area contributed by atoms with Crippen molar-refractivity contribution < 1.29 is 13.2 Å². The van der Waals surface area contributed by atoms with Crippen LogP contribution >= 0.6 is 0 Å². The summed E-state index contributed by atoms with van der Waals surface area (Å²) in [6.45, 7) is 1.05. The molecule has 3 aromatic carbocycles. The lowest BCUT2D eigenvalue weighted by Gasteiger charge is -2.42. The molecule has 3 aromatic rings. The van der Waals surface area contributed by atoms with Gasteiger partial charge in [-0.05, 0) is 34.4 Å². The van der Waals surface area contributed by atoms with Crippen LogP contribution in [0.25, 0.3) is 4.91 Å². The van der Waals surface area contributed by atoms with Crippen LogP contribution in [-0.4, -0.2) is 38.6 Å². The molecule has 158 valence electrons. The molecule has 1 saturated heterocycles. The van der Waals surface area contributed by atoms with Crippen molar-refractivity contribution in [3.05, 3.63) is 113 Å². The van der Waals surface area contributed by atoms with Gasteiger partial charge in [0.2, 0.25) is 5.91 Å². The Bertz CT molecular complexity index is 1190. The van der Waals surface area contributed by atoms with Gasteiger partial charge in [0, 0.05) is 24.9 Å². The van der Waals surface area contributed by atoms with Crippen molar-refractivity contribution >= 4 is 20.6 Å². The number of hydrogen-bond donors (Lipinski definition) is 1. The second-order valence-electron chi connectivity index (χ2n) is 7.78. The highest BCUT2D eigenvalue weighted by Crippen LogP contribution is 2.38. The zero-order valence-corrected chi connectivity index (χ0v) is 18.0. The van der Waals surface area contributed by atoms with E-state index in [1.165, 1.54) is 6.26 Å². The maximum absolute atomic E-state index is 12.7. The van der Waals surface area contributed by atoms with Crippen molar-refractivity contribution in [1.82, 2.24) is 4.90 Å². The summed E-state index contributed by atoms with van der Waals surface area (Å²) >= 11 is 0. The van der Waals surface area contributed by atoms with E-state index in [-0.39, 0.29) is 10.9 Å². The Morgan fingerprint density at radius 2 is 1.35 bits per heavy atom. The molecule has 4 rings (SSSR count). The fourth-order valence-corrected chi connectivity index (χ4v) is 5.36. The van der Waals surface area contributed by atoms with Gasteiger partial charge in [0.1, 0.15) is 0 Å². The maximum Gasteiger partial charge on any atom is 0.248 e. The fourth-order valence-electron chi connectivity index (χ4n) is 4.15. The van der Waals surface area contributed by atoms with Gasteiger partial charge in [0.15, 0.2) is 9.84 Å². The minimum Gasteiger partial charge on any atom is -0.366 e. The third-order valence-electron chi connectivity index (χ3n) is 5.48. The van der Waals surface area contributed by atoms with E-state index in [1.807, 2.05) is 36.4 Å². The molecule has 1 aliphatic heterocycles. The average molecular weight is 433 g/mol. The Morgan fingerprint density at radius 1 is 0.839 bits per heavy atom. The molecular formula is C25H24N2O3S. The third kappa shape index (κ3) is 4.45. The van der Waals surface area contributed by atoms with Crippen molar-refractivity contribution in [3.8, 4) is 0 Å². The predicted molar refractivity (Wildman–Crippen MR) is 123 cm³/mol. The second-order valence-corrected chi connectivity index (χ2v) is 9.73. The molecule has 1 amide bonds. The SMILES string of the molecule is CS(=O)(=O)C(=C1CN(C(c2ccccc2)c2ccccc2)C1)c1cccc(C(N)=O)c1. The molecule has 0 bridgehead atoms. The fraction of sp³-hybridized carbons (Fsp3) is 0.160. The summed E-state index contributed by atoms with van der Waals surface area (Å²) in [6, 6.07) is 26.9. The first-order valence-electron chi connectivity index (χ1n) is 10.0. The van der Waals surface area contributed by atoms with E-state index in [9.17, 15) is 13.2 Å². The highest BCUT2D eigenvalue weighted by atomic mass is 32.2. The van der Waals surface area contributed by atoms with Crippen LogP contribution in [0, 0.1) is 0 Å². The van der Waals surface area contributed by atoms with Gasteiger partial charge in [-0.2, -0.15) is 0 Å². The maximum atomic E-state index is 12.7. The first-order chi connectivity index (χ1) is 14.8. The van der Waals surface area contributed by atoms with Crippen LogP contribution in [0.1, 0.15) is 33.1 Å². The van der Waals surface area contributed by atoms with Gasteiger partial charge in [-0.15, -0.1) is 0 Å². The predicted octanol–water partition coefficient (Wildman–Crippen LogP) is 3.65. The van der Waals surface area contributed by atoms with Gasteiger partial charge in [0.05, 0.1) is 10.9 Å². The minimum absolute atomic E-state index is 0.0314. The van der Waals surface area contributed by atoms with Crippen LogP contribution in [0.5, 0.6) is 0 Å². The van der Waals surface area contributed by atoms with Crippen LogP contribution in [0.3, 0.4) is 0 Å². The quantitative estimate of drug-likeness (QED) is 0.645. The lowest BCUT2D eigenvalue weighted by atomic mass is 9.92. The largest absolute Gasteiger partial charge is 0.366 e. The first kappa shape index (κ1) is 21.0. The molecule has 1 aliphatic rings. The molecule has 2 N–H and O–H groups in total. The molecule has 5 nitrogen and oxygen atoms in total. The molecule has 1 heterocycles. The van der Waals surface area contributed by atoms with E-state index in [0.29, 0.717) is 24.2 Å². The Labute approximate surface area is 182 Å². The number of nitrogens with two attached hydrogens (primary N) is 1. The van der Waals surface area contributed by atoms with E-state index in [4.69, 9.17) is 5.73 Å². The number of nitrogens with zero attached hydrogens (tertiary/aromatic N) is 1. The third-order valence-corrected chi connectivity index (χ3v) is 6.75. The molecule has 0 atom stereocenters. The first-order valence-corrected chi connectivity index (χ1v) is 11.9. The minimum atomic E-state index is -3.50. The van der Waals surface area contributed by atoms with Gasteiger partial charge in [-0.1, -0.05) is 72.8 Å². The molecule has 0 radical (unpaired) electrons. The van der Waals surface area contributed by atoms with Gasteiger partial charge < -0.3 is 5.73 Å². The van der Waals surface area contributed by atoms with Gasteiger partial charge in [-0.3, -0.25) is 9.69 Å². The number of sulfone groups is 1. The number of carbonyl (C=O) groups is 1. The molecule has 31 heavy (non-hydrogen) atoms. The summed E-state index contributed by atoms with van der Waals surface area (Å²) < 4.78 is 25.3. The van der Waals surface area contributed by atoms with Crippen molar-refractivity contribution in [3.63, 3.8) is 0 Å². The Kier molecular flexibility index (Phi) is 5.76. The smallest absolute Gasteiger partial charge is 0.248 e. The monoisotopic (exact) mass is 432 g/mol. The zero-order valence-electron chi connectivity index (χ0n) is 17.2. The number of amides is 1. The van der Waals surface area contributed by atoms with Gasteiger partial charge in [0.25, 0.3) is 0 Å². The summed E-state index contributed by atoms with van der Waals surface area (Å²) in [7, 11) is -3.50. The Hall–Kier alpha value is -3.22. The summed E-state index contributed by atoms with van der Waals surface area (Å²) in [5, 5.41) is 0. The molecule has 0 unspecified atom stereocenters. The van der Waals surface area contributed by atoms with E-state index in [0.717, 1.165) is 16.7 Å². The molecule has 0 saturated carbocycles. The zero-order chi connectivity index (χ0) is 22.0. The normalized spacial score (nSPS) is 14.3. The van der Waals surface area contributed by atoms with Crippen LogP contribution in [-0.2, 0) is 9.84 Å². The summed E-state index contributed by atoms with van der Waals surface area (Å²) in [4.78, 5) is 14.1. The lowest BCUT2D eigenvalue weighted by Crippen LogP contribution is -2.44. The Morgan fingerprint density at radius 3 is 1.84 bits per heavy atom.